The summed E-state index contributed by atoms with van der Waals surface area (Å²) < 4.78 is 16.2. The summed E-state index contributed by atoms with van der Waals surface area (Å²) in [5.41, 5.74) is 1.04. The quantitative estimate of drug-likeness (QED) is 0.667. The lowest BCUT2D eigenvalue weighted by atomic mass is 10.1. The van der Waals surface area contributed by atoms with Gasteiger partial charge in [-0.05, 0) is 12.1 Å². The Morgan fingerprint density at radius 1 is 1.27 bits per heavy atom. The molecule has 2 aromatic rings. The Labute approximate surface area is 85.4 Å². The average molecular weight is 204 g/mol. The summed E-state index contributed by atoms with van der Waals surface area (Å²) in [5.74, 6) is 1.27. The number of fused-ring (bicyclic) bond motifs is 3. The maximum absolute atomic E-state index is 10.8. The summed E-state index contributed by atoms with van der Waals surface area (Å²) in [5, 5.41) is 0.786. The zero-order valence-corrected chi connectivity index (χ0v) is 7.86. The third kappa shape index (κ3) is 1.11. The van der Waals surface area contributed by atoms with Crippen LogP contribution < -0.4 is 9.47 Å². The topological polar surface area (TPSA) is 48.7 Å². The average Bonchev–Trinajstić information content (AvgIpc) is 2.77. The van der Waals surface area contributed by atoms with E-state index < -0.39 is 0 Å². The molecule has 4 nitrogen and oxygen atoms in total. The van der Waals surface area contributed by atoms with E-state index in [9.17, 15) is 4.79 Å². The van der Waals surface area contributed by atoms with E-state index in [0.29, 0.717) is 35.9 Å². The molecule has 0 saturated carbocycles. The molecule has 0 saturated heterocycles. The van der Waals surface area contributed by atoms with Gasteiger partial charge < -0.3 is 13.9 Å². The van der Waals surface area contributed by atoms with Gasteiger partial charge in [-0.25, -0.2) is 0 Å². The number of rotatable bonds is 1. The smallest absolute Gasteiger partial charge is 0.172 e. The van der Waals surface area contributed by atoms with Gasteiger partial charge in [-0.2, -0.15) is 0 Å². The molecule has 1 aromatic heterocycles. The van der Waals surface area contributed by atoms with Crippen molar-refractivity contribution in [1.29, 1.82) is 0 Å². The minimum atomic E-state index is 0.485. The van der Waals surface area contributed by atoms with Gasteiger partial charge >= 0.3 is 0 Å². The summed E-state index contributed by atoms with van der Waals surface area (Å²) in [4.78, 5) is 10.8. The molecule has 1 aliphatic heterocycles. The molecule has 4 heteroatoms. The van der Waals surface area contributed by atoms with Crippen molar-refractivity contribution in [2.45, 2.75) is 0 Å². The predicted octanol–water partition coefficient (Wildman–Crippen LogP) is 2.02. The maximum atomic E-state index is 10.8. The van der Waals surface area contributed by atoms with Gasteiger partial charge in [0.05, 0.1) is 17.2 Å². The van der Waals surface area contributed by atoms with Crippen molar-refractivity contribution in [2.75, 3.05) is 13.2 Å². The molecule has 1 aliphatic rings. The van der Waals surface area contributed by atoms with Crippen LogP contribution in [0.1, 0.15) is 10.4 Å². The van der Waals surface area contributed by atoms with Crippen LogP contribution in [0.5, 0.6) is 11.5 Å². The van der Waals surface area contributed by atoms with Gasteiger partial charge in [-0.1, -0.05) is 0 Å². The normalized spacial score (nSPS) is 14.1. The minimum absolute atomic E-state index is 0.485. The number of furan rings is 1. The highest BCUT2D eigenvalue weighted by atomic mass is 16.6. The molecule has 76 valence electrons. The summed E-state index contributed by atoms with van der Waals surface area (Å²) in [6, 6.07) is 3.42. The number of hydrogen-bond acceptors (Lipinski definition) is 4. The van der Waals surface area contributed by atoms with E-state index in [0.717, 1.165) is 11.7 Å². The second-order valence-corrected chi connectivity index (χ2v) is 3.27. The molecule has 2 heterocycles. The van der Waals surface area contributed by atoms with Gasteiger partial charge in [0.2, 0.25) is 0 Å². The van der Waals surface area contributed by atoms with Crippen LogP contribution >= 0.6 is 0 Å². The Kier molecular flexibility index (Phi) is 1.68. The molecular formula is C11H8O4. The Morgan fingerprint density at radius 2 is 2.13 bits per heavy atom. The lowest BCUT2D eigenvalue weighted by Crippen LogP contribution is -2.15. The Bertz CT molecular complexity index is 527. The van der Waals surface area contributed by atoms with Gasteiger partial charge in [-0.3, -0.25) is 4.79 Å². The van der Waals surface area contributed by atoms with Crippen molar-refractivity contribution < 1.29 is 18.7 Å². The zero-order valence-electron chi connectivity index (χ0n) is 7.86. The van der Waals surface area contributed by atoms with E-state index in [1.807, 2.05) is 0 Å². The zero-order chi connectivity index (χ0) is 10.3. The van der Waals surface area contributed by atoms with Crippen LogP contribution in [0, 0.1) is 0 Å². The highest BCUT2D eigenvalue weighted by molar-refractivity contribution is 5.99. The van der Waals surface area contributed by atoms with E-state index in [4.69, 9.17) is 13.9 Å². The molecule has 0 radical (unpaired) electrons. The van der Waals surface area contributed by atoms with Gasteiger partial charge in [0.25, 0.3) is 0 Å². The molecule has 0 amide bonds. The number of aldehydes is 1. The first-order valence-corrected chi connectivity index (χ1v) is 4.65. The molecular weight excluding hydrogens is 196 g/mol. The first-order chi connectivity index (χ1) is 7.40. The molecule has 0 N–H and O–H groups in total. The van der Waals surface area contributed by atoms with Crippen LogP contribution in [-0.2, 0) is 0 Å². The van der Waals surface area contributed by atoms with Crippen molar-refractivity contribution in [2.24, 2.45) is 0 Å². The van der Waals surface area contributed by atoms with Crippen LogP contribution in [0.25, 0.3) is 11.0 Å². The number of carbonyl (C=O) groups excluding carboxylic acids is 1. The minimum Gasteiger partial charge on any atom is -0.486 e. The first-order valence-electron chi connectivity index (χ1n) is 4.65. The van der Waals surface area contributed by atoms with E-state index >= 15 is 0 Å². The Morgan fingerprint density at radius 3 is 3.00 bits per heavy atom. The summed E-state index contributed by atoms with van der Waals surface area (Å²) in [6.45, 7) is 1.03. The monoisotopic (exact) mass is 204 g/mol. The third-order valence-electron chi connectivity index (χ3n) is 2.40. The third-order valence-corrected chi connectivity index (χ3v) is 2.40. The van der Waals surface area contributed by atoms with Gasteiger partial charge in [0.15, 0.2) is 17.8 Å². The fourth-order valence-corrected chi connectivity index (χ4v) is 1.76. The summed E-state index contributed by atoms with van der Waals surface area (Å²) in [6.07, 6.45) is 2.29. The van der Waals surface area contributed by atoms with Crippen molar-refractivity contribution in [3.63, 3.8) is 0 Å². The maximum Gasteiger partial charge on any atom is 0.172 e. The van der Waals surface area contributed by atoms with Crippen molar-refractivity contribution >= 4 is 17.3 Å². The molecule has 1 aromatic carbocycles. The van der Waals surface area contributed by atoms with Gasteiger partial charge in [0.1, 0.15) is 18.8 Å². The second kappa shape index (κ2) is 3.02. The molecule has 0 bridgehead atoms. The summed E-state index contributed by atoms with van der Waals surface area (Å²) in [7, 11) is 0. The lowest BCUT2D eigenvalue weighted by molar-refractivity contribution is 0.112. The Hall–Kier alpha value is -1.97. The van der Waals surface area contributed by atoms with E-state index in [2.05, 4.69) is 0 Å². The Balaban J connectivity index is 2.38. The SMILES string of the molecule is O=Cc1cc2c(c3ccoc13)OCCO2. The van der Waals surface area contributed by atoms with Crippen molar-refractivity contribution in [3.8, 4) is 11.5 Å². The molecule has 0 fully saturated rings. The van der Waals surface area contributed by atoms with E-state index in [1.165, 1.54) is 6.26 Å². The van der Waals surface area contributed by atoms with Crippen LogP contribution in [0.2, 0.25) is 0 Å². The van der Waals surface area contributed by atoms with Crippen LogP contribution in [0.4, 0.5) is 0 Å². The number of benzene rings is 1. The largest absolute Gasteiger partial charge is 0.486 e. The van der Waals surface area contributed by atoms with E-state index in [-0.39, 0.29) is 0 Å². The number of carbonyl (C=O) groups is 1. The molecule has 0 unspecified atom stereocenters. The van der Waals surface area contributed by atoms with E-state index in [1.54, 1.807) is 12.1 Å². The lowest BCUT2D eigenvalue weighted by Gasteiger charge is -2.19. The van der Waals surface area contributed by atoms with Crippen LogP contribution in [-0.4, -0.2) is 19.5 Å². The molecule has 15 heavy (non-hydrogen) atoms. The number of ether oxygens (including phenoxy) is 2. The highest BCUT2D eigenvalue weighted by Gasteiger charge is 2.19. The van der Waals surface area contributed by atoms with Crippen molar-refractivity contribution in [1.82, 2.24) is 0 Å². The van der Waals surface area contributed by atoms with Crippen LogP contribution in [0.15, 0.2) is 22.8 Å². The second-order valence-electron chi connectivity index (χ2n) is 3.27. The van der Waals surface area contributed by atoms with Crippen LogP contribution in [0.3, 0.4) is 0 Å². The fourth-order valence-electron chi connectivity index (χ4n) is 1.76. The van der Waals surface area contributed by atoms with Gasteiger partial charge in [0, 0.05) is 0 Å². The van der Waals surface area contributed by atoms with Gasteiger partial charge in [-0.15, -0.1) is 0 Å². The van der Waals surface area contributed by atoms with Crippen molar-refractivity contribution in [3.05, 3.63) is 24.0 Å². The molecule has 3 rings (SSSR count). The standard InChI is InChI=1S/C11H8O4/c12-6-7-5-9-11(15-4-3-13-9)8-1-2-14-10(7)8/h1-2,5-6H,3-4H2. The number of hydrogen-bond donors (Lipinski definition) is 0. The predicted molar refractivity (Wildman–Crippen MR) is 52.6 cm³/mol. The molecule has 0 atom stereocenters. The molecule has 0 aliphatic carbocycles. The summed E-state index contributed by atoms with van der Waals surface area (Å²) >= 11 is 0. The molecule has 0 spiro atoms. The first kappa shape index (κ1) is 8.35. The fraction of sp³-hybridized carbons (Fsp3) is 0.182. The highest BCUT2D eigenvalue weighted by Crippen LogP contribution is 2.39.